The fourth-order valence-electron chi connectivity index (χ4n) is 3.85. The third kappa shape index (κ3) is 9.03. The van der Waals surface area contributed by atoms with Crippen LogP contribution in [-0.2, 0) is 23.3 Å². The predicted molar refractivity (Wildman–Crippen MR) is 135 cm³/mol. The summed E-state index contributed by atoms with van der Waals surface area (Å²) in [6, 6.07) is 1.21. The Bertz CT molecular complexity index is 944. The van der Waals surface area contributed by atoms with Crippen LogP contribution in [0.2, 0.25) is 0 Å². The Kier molecular flexibility index (Phi) is 12.7. The average Bonchev–Trinajstić information content (AvgIpc) is 3.10. The summed E-state index contributed by atoms with van der Waals surface area (Å²) in [5, 5.41) is 0. The molecule has 0 aromatic carbocycles. The number of aromatic nitrogens is 2. The minimum Gasteiger partial charge on any atom is -0.379 e. The molecule has 34 heavy (non-hydrogen) atoms. The van der Waals surface area contributed by atoms with E-state index in [0.29, 0.717) is 13.0 Å². The molecule has 1 fully saturated rings. The van der Waals surface area contributed by atoms with Crippen molar-refractivity contribution in [3.8, 4) is 12.3 Å². The first-order chi connectivity index (χ1) is 16.3. The lowest BCUT2D eigenvalue weighted by Gasteiger charge is -2.26. The molecule has 0 saturated carbocycles. The molecule has 1 saturated heterocycles. The van der Waals surface area contributed by atoms with Crippen LogP contribution in [0.4, 0.5) is 0 Å². The van der Waals surface area contributed by atoms with Crippen molar-refractivity contribution in [2.24, 2.45) is 0 Å². The predicted octanol–water partition coefficient (Wildman–Crippen LogP) is 3.75. The molecule has 0 aliphatic carbocycles. The molecule has 2 heterocycles. The van der Waals surface area contributed by atoms with Crippen molar-refractivity contribution < 1.29 is 23.3 Å². The second kappa shape index (κ2) is 14.9. The van der Waals surface area contributed by atoms with Gasteiger partial charge in [0, 0.05) is 25.0 Å². The van der Waals surface area contributed by atoms with E-state index >= 15 is 0 Å². The fraction of sp³-hybridized carbons (Fsp3) is 0.739. The number of hydrogen-bond acceptors (Lipinski definition) is 7. The van der Waals surface area contributed by atoms with Crippen LogP contribution in [0.15, 0.2) is 21.9 Å². The second-order valence-electron chi connectivity index (χ2n) is 8.34. The maximum absolute atomic E-state index is 12.9. The molecule has 11 heteroatoms. The van der Waals surface area contributed by atoms with E-state index < -0.39 is 42.4 Å². The van der Waals surface area contributed by atoms with Gasteiger partial charge in [-0.3, -0.25) is 18.9 Å². The van der Waals surface area contributed by atoms with Gasteiger partial charge in [-0.1, -0.05) is 64.1 Å². The molecule has 1 aromatic heterocycles. The number of hydrogen-bond donors (Lipinski definition) is 2. The Morgan fingerprint density at radius 1 is 1.18 bits per heavy atom. The van der Waals surface area contributed by atoms with Gasteiger partial charge >= 0.3 is 5.69 Å². The number of H-pyrrole nitrogens is 1. The summed E-state index contributed by atoms with van der Waals surface area (Å²) in [7, 11) is 0. The van der Waals surface area contributed by atoms with Gasteiger partial charge in [0.05, 0.1) is 6.61 Å². The number of rotatable bonds is 16. The van der Waals surface area contributed by atoms with Crippen molar-refractivity contribution in [2.45, 2.75) is 83.3 Å². The Labute approximate surface area is 206 Å². The van der Waals surface area contributed by atoms with Gasteiger partial charge in [0.15, 0.2) is 6.23 Å². The minimum absolute atomic E-state index is 0.0710. The number of terminal acetylenes is 1. The number of unbranched alkanes of at least 4 members (excludes halogenated alkanes) is 5. The van der Waals surface area contributed by atoms with Crippen LogP contribution in [-0.4, -0.2) is 53.8 Å². The summed E-state index contributed by atoms with van der Waals surface area (Å²) >= 11 is 4.25. The lowest BCUT2D eigenvalue weighted by atomic mass is 10.1. The Balaban J connectivity index is 2.17. The van der Waals surface area contributed by atoms with E-state index in [-0.39, 0.29) is 19.4 Å². The largest absolute Gasteiger partial charge is 0.379 e. The van der Waals surface area contributed by atoms with Gasteiger partial charge < -0.3 is 18.7 Å². The number of aromatic amines is 1. The number of nitrogens with one attached hydrogen (secondary N) is 1. The molecular formula is C23H37N2O7PS. The molecule has 1 aliphatic rings. The normalized spacial score (nSPS) is 24.1. The quantitative estimate of drug-likeness (QED) is 0.149. The molecule has 0 spiro atoms. The molecule has 9 nitrogen and oxygen atoms in total. The zero-order valence-corrected chi connectivity index (χ0v) is 21.8. The van der Waals surface area contributed by atoms with Crippen molar-refractivity contribution in [3.63, 3.8) is 0 Å². The Morgan fingerprint density at radius 3 is 2.59 bits per heavy atom. The van der Waals surface area contributed by atoms with Crippen LogP contribution >= 0.6 is 18.8 Å². The summed E-state index contributed by atoms with van der Waals surface area (Å²) in [4.78, 5) is 26.2. The SMILES string of the molecule is C#CCOC1C(OP(=O)(S)CCC)C(COCCCCCCCC)OC1n1ccc(=O)[nH]c1=O. The van der Waals surface area contributed by atoms with Gasteiger partial charge in [0.25, 0.3) is 12.1 Å². The Morgan fingerprint density at radius 2 is 1.91 bits per heavy atom. The van der Waals surface area contributed by atoms with Crippen molar-refractivity contribution >= 4 is 18.8 Å². The highest BCUT2D eigenvalue weighted by atomic mass is 32.7. The van der Waals surface area contributed by atoms with Crippen molar-refractivity contribution in [1.82, 2.24) is 9.55 Å². The van der Waals surface area contributed by atoms with E-state index in [1.807, 2.05) is 6.92 Å². The maximum Gasteiger partial charge on any atom is 0.330 e. The molecular weight excluding hydrogens is 479 g/mol. The van der Waals surface area contributed by atoms with E-state index in [9.17, 15) is 14.2 Å². The van der Waals surface area contributed by atoms with E-state index in [2.05, 4.69) is 30.1 Å². The second-order valence-corrected chi connectivity index (χ2v) is 12.1. The standard InChI is InChI=1S/C23H37N2O7PS/c1-4-7-8-9-10-11-15-29-17-18-20(32-33(28,34)16-6-3)21(30-14-5-2)22(31-18)25-13-12-19(26)24-23(25)27/h2,12-13,18,20-22H,4,6-11,14-17H2,1,3H3,(H,28,34)(H,24,26,27). The summed E-state index contributed by atoms with van der Waals surface area (Å²) in [5.74, 6) is 2.40. The van der Waals surface area contributed by atoms with Crippen LogP contribution in [0, 0.1) is 12.3 Å². The maximum atomic E-state index is 12.9. The van der Waals surface area contributed by atoms with Crippen LogP contribution in [0.5, 0.6) is 0 Å². The molecule has 1 aromatic rings. The number of thiol groups is 1. The monoisotopic (exact) mass is 516 g/mol. The van der Waals surface area contributed by atoms with E-state index in [1.54, 1.807) is 0 Å². The van der Waals surface area contributed by atoms with Gasteiger partial charge in [0.2, 0.25) is 0 Å². The van der Waals surface area contributed by atoms with E-state index in [4.69, 9.17) is 25.2 Å². The Hall–Kier alpha value is -1.34. The van der Waals surface area contributed by atoms with Crippen molar-refractivity contribution in [1.29, 1.82) is 0 Å². The summed E-state index contributed by atoms with van der Waals surface area (Å²) in [6.45, 7) is 1.43. The summed E-state index contributed by atoms with van der Waals surface area (Å²) in [6.07, 6.45) is 11.1. The molecule has 0 bridgehead atoms. The highest BCUT2D eigenvalue weighted by Crippen LogP contribution is 2.55. The zero-order valence-electron chi connectivity index (χ0n) is 20.0. The highest BCUT2D eigenvalue weighted by Gasteiger charge is 2.49. The van der Waals surface area contributed by atoms with Crippen molar-refractivity contribution in [3.05, 3.63) is 33.1 Å². The van der Waals surface area contributed by atoms with E-state index in [1.165, 1.54) is 42.5 Å². The van der Waals surface area contributed by atoms with Gasteiger partial charge in [-0.25, -0.2) is 4.79 Å². The van der Waals surface area contributed by atoms with Crippen LogP contribution < -0.4 is 11.2 Å². The fourth-order valence-corrected chi connectivity index (χ4v) is 6.09. The molecule has 5 unspecified atom stereocenters. The van der Waals surface area contributed by atoms with Gasteiger partial charge in [0.1, 0.15) is 24.9 Å². The topological polar surface area (TPSA) is 109 Å². The molecule has 0 radical (unpaired) electrons. The molecule has 1 aliphatic heterocycles. The molecule has 5 atom stereocenters. The van der Waals surface area contributed by atoms with Gasteiger partial charge in [-0.15, -0.1) is 6.42 Å². The number of nitrogens with zero attached hydrogens (tertiary/aromatic N) is 1. The first kappa shape index (κ1) is 28.9. The zero-order chi connectivity index (χ0) is 25.0. The summed E-state index contributed by atoms with van der Waals surface area (Å²) in [5.41, 5.74) is -1.20. The van der Waals surface area contributed by atoms with Crippen molar-refractivity contribution in [2.75, 3.05) is 26.0 Å². The molecule has 192 valence electrons. The highest BCUT2D eigenvalue weighted by molar-refractivity contribution is 8.46. The smallest absolute Gasteiger partial charge is 0.330 e. The first-order valence-corrected chi connectivity index (χ1v) is 14.9. The van der Waals surface area contributed by atoms with Crippen LogP contribution in [0.25, 0.3) is 0 Å². The third-order valence-corrected chi connectivity index (χ3v) is 7.95. The molecule has 2 rings (SSSR count). The average molecular weight is 517 g/mol. The first-order valence-electron chi connectivity index (χ1n) is 11.9. The molecule has 1 N–H and O–H groups in total. The van der Waals surface area contributed by atoms with Crippen LogP contribution in [0.1, 0.15) is 65.0 Å². The summed E-state index contributed by atoms with van der Waals surface area (Å²) < 4.78 is 37.8. The van der Waals surface area contributed by atoms with E-state index in [0.717, 1.165) is 12.8 Å². The van der Waals surface area contributed by atoms with Crippen LogP contribution in [0.3, 0.4) is 0 Å². The lowest BCUT2D eigenvalue weighted by molar-refractivity contribution is -0.0752. The third-order valence-electron chi connectivity index (χ3n) is 5.49. The minimum atomic E-state index is -3.26. The van der Waals surface area contributed by atoms with Gasteiger partial charge in [-0.2, -0.15) is 0 Å². The van der Waals surface area contributed by atoms with Gasteiger partial charge in [-0.05, 0) is 12.8 Å². The lowest BCUT2D eigenvalue weighted by Crippen LogP contribution is -2.40. The molecule has 0 amide bonds. The number of ether oxygens (including phenoxy) is 3.